The summed E-state index contributed by atoms with van der Waals surface area (Å²) in [5.41, 5.74) is 5.85. The first-order chi connectivity index (χ1) is 6.89. The summed E-state index contributed by atoms with van der Waals surface area (Å²) in [5, 5.41) is 8.63. The lowest BCUT2D eigenvalue weighted by Gasteiger charge is -2.15. The van der Waals surface area contributed by atoms with Gasteiger partial charge in [0.1, 0.15) is 12.4 Å². The third-order valence-electron chi connectivity index (χ3n) is 1.67. The minimum absolute atomic E-state index is 0.229. The predicted molar refractivity (Wildman–Crippen MR) is 48.4 cm³/mol. The van der Waals surface area contributed by atoms with Gasteiger partial charge >= 0.3 is 6.18 Å². The van der Waals surface area contributed by atoms with Crippen LogP contribution in [0.25, 0.3) is 0 Å². The van der Waals surface area contributed by atoms with Crippen LogP contribution >= 0.6 is 0 Å². The van der Waals surface area contributed by atoms with Crippen molar-refractivity contribution >= 4 is 5.69 Å². The molecule has 3 N–H and O–H groups in total. The maximum Gasteiger partial charge on any atom is 0.417 e. The molecule has 0 heterocycles. The van der Waals surface area contributed by atoms with Gasteiger partial charge in [0.05, 0.1) is 0 Å². The van der Waals surface area contributed by atoms with Crippen LogP contribution < -0.4 is 10.5 Å². The molecule has 0 amide bonds. The van der Waals surface area contributed by atoms with E-state index in [2.05, 4.69) is 0 Å². The smallest absolute Gasteiger partial charge is 0.417 e. The van der Waals surface area contributed by atoms with E-state index in [1.54, 1.807) is 0 Å². The first-order valence-electron chi connectivity index (χ1n) is 4.12. The van der Waals surface area contributed by atoms with Crippen molar-refractivity contribution in [3.05, 3.63) is 24.3 Å². The zero-order valence-corrected chi connectivity index (χ0v) is 7.66. The zero-order valence-electron chi connectivity index (χ0n) is 7.66. The Morgan fingerprint density at radius 2 is 1.80 bits per heavy atom. The van der Waals surface area contributed by atoms with Gasteiger partial charge in [0, 0.05) is 5.69 Å². The highest BCUT2D eigenvalue weighted by Gasteiger charge is 2.38. The molecule has 84 valence electrons. The molecule has 3 nitrogen and oxygen atoms in total. The van der Waals surface area contributed by atoms with Crippen molar-refractivity contribution in [3.8, 4) is 5.75 Å². The lowest BCUT2D eigenvalue weighted by Crippen LogP contribution is -2.34. The van der Waals surface area contributed by atoms with Gasteiger partial charge in [-0.15, -0.1) is 0 Å². The Hall–Kier alpha value is -1.43. The third-order valence-corrected chi connectivity index (χ3v) is 1.67. The molecule has 0 bridgehead atoms. The Bertz CT molecular complexity index is 310. The zero-order chi connectivity index (χ0) is 11.5. The second-order valence-corrected chi connectivity index (χ2v) is 2.94. The van der Waals surface area contributed by atoms with Crippen LogP contribution in [-0.2, 0) is 0 Å². The van der Waals surface area contributed by atoms with Crippen molar-refractivity contribution in [2.24, 2.45) is 0 Å². The fourth-order valence-electron chi connectivity index (χ4n) is 0.834. The molecule has 6 heteroatoms. The number of halogens is 3. The van der Waals surface area contributed by atoms with Crippen LogP contribution in [0.2, 0.25) is 0 Å². The Labute approximate surface area is 84.3 Å². The van der Waals surface area contributed by atoms with Gasteiger partial charge in [0.15, 0.2) is 6.10 Å². The number of nitrogens with two attached hydrogens (primary N) is 1. The maximum absolute atomic E-state index is 11.9. The normalized spacial score (nSPS) is 13.6. The number of ether oxygens (including phenoxy) is 1. The summed E-state index contributed by atoms with van der Waals surface area (Å²) in [4.78, 5) is 0. The Kier molecular flexibility index (Phi) is 3.41. The standard InChI is InChI=1S/C9H10F3NO2/c10-9(11,12)8(14)5-15-7-3-1-6(13)2-4-7/h1-4,8,14H,5,13H2/t8-/m1/s1. The van der Waals surface area contributed by atoms with Crippen LogP contribution in [0.3, 0.4) is 0 Å². The van der Waals surface area contributed by atoms with E-state index in [1.807, 2.05) is 0 Å². The maximum atomic E-state index is 11.9. The molecule has 1 aromatic rings. The molecule has 1 atom stereocenters. The van der Waals surface area contributed by atoms with E-state index < -0.39 is 18.9 Å². The Morgan fingerprint density at radius 3 is 2.27 bits per heavy atom. The molecular weight excluding hydrogens is 211 g/mol. The Balaban J connectivity index is 2.47. The number of anilines is 1. The van der Waals surface area contributed by atoms with E-state index in [1.165, 1.54) is 24.3 Å². The number of aliphatic hydroxyl groups excluding tert-OH is 1. The van der Waals surface area contributed by atoms with Gasteiger partial charge in [-0.25, -0.2) is 0 Å². The lowest BCUT2D eigenvalue weighted by molar-refractivity contribution is -0.210. The molecule has 1 rings (SSSR count). The van der Waals surface area contributed by atoms with Crippen molar-refractivity contribution in [1.82, 2.24) is 0 Å². The van der Waals surface area contributed by atoms with Crippen LogP contribution in [0.5, 0.6) is 5.75 Å². The second kappa shape index (κ2) is 4.39. The van der Waals surface area contributed by atoms with E-state index in [9.17, 15) is 13.2 Å². The third kappa shape index (κ3) is 3.67. The Morgan fingerprint density at radius 1 is 1.27 bits per heavy atom. The van der Waals surface area contributed by atoms with Gasteiger partial charge < -0.3 is 15.6 Å². The number of aliphatic hydroxyl groups is 1. The fraction of sp³-hybridized carbons (Fsp3) is 0.333. The van der Waals surface area contributed by atoms with Gasteiger partial charge in [-0.05, 0) is 24.3 Å². The monoisotopic (exact) mass is 221 g/mol. The van der Waals surface area contributed by atoms with Crippen LogP contribution in [0.4, 0.5) is 18.9 Å². The highest BCUT2D eigenvalue weighted by atomic mass is 19.4. The molecular formula is C9H10F3NO2. The molecule has 15 heavy (non-hydrogen) atoms. The average Bonchev–Trinajstić information content (AvgIpc) is 2.15. The van der Waals surface area contributed by atoms with Gasteiger partial charge in [0.2, 0.25) is 0 Å². The minimum Gasteiger partial charge on any atom is -0.491 e. The molecule has 0 saturated carbocycles. The van der Waals surface area contributed by atoms with Crippen molar-refractivity contribution < 1.29 is 23.0 Å². The van der Waals surface area contributed by atoms with Crippen LogP contribution in [0, 0.1) is 0 Å². The van der Waals surface area contributed by atoms with E-state index in [-0.39, 0.29) is 5.75 Å². The van der Waals surface area contributed by atoms with Crippen molar-refractivity contribution in [2.75, 3.05) is 12.3 Å². The molecule has 0 saturated heterocycles. The number of alkyl halides is 3. The van der Waals surface area contributed by atoms with Crippen molar-refractivity contribution in [1.29, 1.82) is 0 Å². The number of benzene rings is 1. The summed E-state index contributed by atoms with van der Waals surface area (Å²) in [6.07, 6.45) is -7.14. The van der Waals surface area contributed by atoms with E-state index in [0.717, 1.165) is 0 Å². The highest BCUT2D eigenvalue weighted by Crippen LogP contribution is 2.21. The number of hydrogen-bond acceptors (Lipinski definition) is 3. The topological polar surface area (TPSA) is 55.5 Å². The fourth-order valence-corrected chi connectivity index (χ4v) is 0.834. The molecule has 1 aromatic carbocycles. The summed E-state index contributed by atoms with van der Waals surface area (Å²) in [7, 11) is 0. The summed E-state index contributed by atoms with van der Waals surface area (Å²) < 4.78 is 40.3. The molecule has 0 aliphatic heterocycles. The molecule has 0 spiro atoms. The van der Waals surface area contributed by atoms with Crippen molar-refractivity contribution in [2.45, 2.75) is 12.3 Å². The summed E-state index contributed by atoms with van der Waals surface area (Å²) >= 11 is 0. The molecule has 0 unspecified atom stereocenters. The number of hydrogen-bond donors (Lipinski definition) is 2. The SMILES string of the molecule is Nc1ccc(OC[C@@H](O)C(F)(F)F)cc1. The number of rotatable bonds is 3. The molecule has 0 radical (unpaired) electrons. The van der Waals surface area contributed by atoms with Gasteiger partial charge in [0.25, 0.3) is 0 Å². The van der Waals surface area contributed by atoms with Gasteiger partial charge in [-0.1, -0.05) is 0 Å². The summed E-state index contributed by atoms with van der Waals surface area (Å²) in [6, 6.07) is 5.85. The highest BCUT2D eigenvalue weighted by molar-refractivity contribution is 5.41. The van der Waals surface area contributed by atoms with Gasteiger partial charge in [-0.2, -0.15) is 13.2 Å². The number of nitrogen functional groups attached to an aromatic ring is 1. The first-order valence-corrected chi connectivity index (χ1v) is 4.12. The molecule has 0 aliphatic rings. The lowest BCUT2D eigenvalue weighted by atomic mass is 10.3. The predicted octanol–water partition coefficient (Wildman–Crippen LogP) is 1.57. The van der Waals surface area contributed by atoms with Gasteiger partial charge in [-0.3, -0.25) is 0 Å². The van der Waals surface area contributed by atoms with Crippen LogP contribution in [0.15, 0.2) is 24.3 Å². The van der Waals surface area contributed by atoms with E-state index in [4.69, 9.17) is 15.6 Å². The molecule has 0 fully saturated rings. The van der Waals surface area contributed by atoms with Crippen LogP contribution in [0.1, 0.15) is 0 Å². The summed E-state index contributed by atoms with van der Waals surface area (Å²) in [5.74, 6) is 0.229. The van der Waals surface area contributed by atoms with E-state index >= 15 is 0 Å². The molecule has 0 aliphatic carbocycles. The second-order valence-electron chi connectivity index (χ2n) is 2.94. The quantitative estimate of drug-likeness (QED) is 0.762. The summed E-state index contributed by atoms with van der Waals surface area (Å²) in [6.45, 7) is -0.826. The first kappa shape index (κ1) is 11.6. The molecule has 0 aromatic heterocycles. The van der Waals surface area contributed by atoms with Crippen molar-refractivity contribution in [3.63, 3.8) is 0 Å². The minimum atomic E-state index is -4.66. The van der Waals surface area contributed by atoms with Crippen LogP contribution in [-0.4, -0.2) is 24.0 Å². The van der Waals surface area contributed by atoms with E-state index in [0.29, 0.717) is 5.69 Å². The average molecular weight is 221 g/mol. The largest absolute Gasteiger partial charge is 0.491 e.